The first-order chi connectivity index (χ1) is 1.73. The van der Waals surface area contributed by atoms with Gasteiger partial charge >= 0.3 is 37.7 Å². The van der Waals surface area contributed by atoms with E-state index in [4.69, 9.17) is 14.1 Å². The minimum Gasteiger partial charge on any atom is -0.672 e. The summed E-state index contributed by atoms with van der Waals surface area (Å²) in [4.78, 5) is 17.0. The molecule has 0 aromatic heterocycles. The normalized spacial score (nSPS) is 3.43. The van der Waals surface area contributed by atoms with Crippen LogP contribution < -0.4 is 47.3 Å². The Morgan fingerprint density at radius 3 is 1.14 bits per heavy atom. The molecule has 0 fully saturated rings. The summed E-state index contributed by atoms with van der Waals surface area (Å²) in [6.07, 6.45) is 0. The zero-order valence-electron chi connectivity index (χ0n) is 4.22. The second kappa shape index (κ2) is 15.9. The Bertz CT molecular complexity index is 32.7. The van der Waals surface area contributed by atoms with Gasteiger partial charge in [-0.2, -0.15) is 0 Å². The molecule has 0 aliphatic carbocycles. The first-order valence-corrected chi connectivity index (χ1v) is 1.84. The summed E-state index contributed by atoms with van der Waals surface area (Å²) in [5.74, 6) is 0. The van der Waals surface area contributed by atoms with Crippen molar-refractivity contribution >= 4 is 9.17 Å². The molecule has 7 heavy (non-hydrogen) atoms. The van der Waals surface area contributed by atoms with Crippen molar-refractivity contribution in [3.05, 3.63) is 0 Å². The molecule has 0 spiro atoms. The van der Waals surface area contributed by atoms with Gasteiger partial charge in [0.15, 0.2) is 0 Å². The van der Waals surface area contributed by atoms with Crippen LogP contribution in [0.2, 0.25) is 0 Å². The molecule has 0 heterocycles. The Balaban J connectivity index is -0.0000000150. The topological polar surface area (TPSA) is 94.7 Å². The Labute approximate surface area is 66.5 Å². The molecule has 0 rings (SSSR count). The van der Waals surface area contributed by atoms with Crippen molar-refractivity contribution in [2.24, 2.45) is 0 Å². The molecule has 0 radical (unpaired) electrons. The molecular weight excluding hydrogens is 106 g/mol. The first kappa shape index (κ1) is 25.1. The van der Waals surface area contributed by atoms with Gasteiger partial charge < -0.3 is 19.5 Å². The van der Waals surface area contributed by atoms with Crippen molar-refractivity contribution in [2.45, 2.75) is 0 Å². The fourth-order valence-corrected chi connectivity index (χ4v) is 0. The SMILES string of the molecule is O.O=[Si]([O-])[O-].[Li+].[Li+]. The number of hydrogen-bond donors (Lipinski definition) is 0. The van der Waals surface area contributed by atoms with Crippen molar-refractivity contribution in [1.82, 2.24) is 0 Å². The summed E-state index contributed by atoms with van der Waals surface area (Å²) in [6.45, 7) is 0. The predicted molar refractivity (Wildman–Crippen MR) is 10.1 cm³/mol. The predicted octanol–water partition coefficient (Wildman–Crippen LogP) is -9.69. The van der Waals surface area contributed by atoms with Crippen LogP contribution in [-0.4, -0.2) is 14.6 Å². The maximum atomic E-state index is 8.52. The molecule has 32 valence electrons. The number of hydrogen-bond acceptors (Lipinski definition) is 3. The van der Waals surface area contributed by atoms with E-state index in [1.54, 1.807) is 0 Å². The second-order valence-electron chi connectivity index (χ2n) is 0.250. The van der Waals surface area contributed by atoms with Crippen molar-refractivity contribution < 1.29 is 57.3 Å². The molecule has 0 saturated carbocycles. The quantitative estimate of drug-likeness (QED) is 0.288. The largest absolute Gasteiger partial charge is 1.00 e. The first-order valence-electron chi connectivity index (χ1n) is 0.612. The molecule has 4 nitrogen and oxygen atoms in total. The van der Waals surface area contributed by atoms with E-state index in [1.165, 1.54) is 0 Å². The van der Waals surface area contributed by atoms with Crippen LogP contribution in [0.25, 0.3) is 0 Å². The van der Waals surface area contributed by atoms with Crippen molar-refractivity contribution in [3.63, 3.8) is 0 Å². The molecule has 0 amide bonds. The van der Waals surface area contributed by atoms with E-state index in [1.807, 2.05) is 0 Å². The summed E-state index contributed by atoms with van der Waals surface area (Å²) in [5.41, 5.74) is 0. The second-order valence-corrected chi connectivity index (χ2v) is 0.750. The van der Waals surface area contributed by atoms with Crippen LogP contribution in [0.5, 0.6) is 0 Å². The minimum absolute atomic E-state index is 0. The Hall–Kier alpha value is 0.772. The van der Waals surface area contributed by atoms with E-state index in [2.05, 4.69) is 0 Å². The summed E-state index contributed by atoms with van der Waals surface area (Å²) in [7, 11) is -3.63. The molecule has 0 aliphatic rings. The van der Waals surface area contributed by atoms with Crippen LogP contribution in [0.4, 0.5) is 0 Å². The van der Waals surface area contributed by atoms with Crippen LogP contribution in [0.3, 0.4) is 0 Å². The molecule has 0 unspecified atom stereocenters. The van der Waals surface area contributed by atoms with E-state index in [0.717, 1.165) is 0 Å². The van der Waals surface area contributed by atoms with E-state index >= 15 is 0 Å². The zero-order valence-corrected chi connectivity index (χ0v) is 5.22. The van der Waals surface area contributed by atoms with Crippen molar-refractivity contribution in [1.29, 1.82) is 0 Å². The van der Waals surface area contributed by atoms with Gasteiger partial charge in [-0.15, -0.1) is 0 Å². The fraction of sp³-hybridized carbons (Fsp3) is 0. The molecule has 0 bridgehead atoms. The summed E-state index contributed by atoms with van der Waals surface area (Å²) < 4.78 is 8.52. The molecule has 0 aromatic carbocycles. The van der Waals surface area contributed by atoms with Gasteiger partial charge in [0.25, 0.3) is 0 Å². The van der Waals surface area contributed by atoms with Gasteiger partial charge in [0.2, 0.25) is 0 Å². The van der Waals surface area contributed by atoms with Crippen LogP contribution in [0.1, 0.15) is 0 Å². The fourth-order valence-electron chi connectivity index (χ4n) is 0. The summed E-state index contributed by atoms with van der Waals surface area (Å²) in [5, 5.41) is 0. The molecule has 2 N–H and O–H groups in total. The third-order valence-electron chi connectivity index (χ3n) is 0. The van der Waals surface area contributed by atoms with E-state index in [9.17, 15) is 0 Å². The van der Waals surface area contributed by atoms with Gasteiger partial charge in [-0.3, -0.25) is 0 Å². The molecular formula is H2Li2O4Si. The van der Waals surface area contributed by atoms with Gasteiger partial charge in [-0.25, -0.2) is 0 Å². The minimum atomic E-state index is -3.63. The van der Waals surface area contributed by atoms with Crippen LogP contribution in [0.15, 0.2) is 0 Å². The maximum absolute atomic E-state index is 8.52. The average molecular weight is 108 g/mol. The maximum Gasteiger partial charge on any atom is 1.00 e. The monoisotopic (exact) mass is 108 g/mol. The van der Waals surface area contributed by atoms with E-state index in [0.29, 0.717) is 0 Å². The Morgan fingerprint density at radius 2 is 1.14 bits per heavy atom. The Kier molecular flexibility index (Phi) is 56.8. The molecule has 7 heteroatoms. The van der Waals surface area contributed by atoms with Gasteiger partial charge in [0, 0.05) is 9.17 Å². The Morgan fingerprint density at radius 1 is 1.14 bits per heavy atom. The average Bonchev–Trinajstić information content (AvgIpc) is 0.811. The van der Waals surface area contributed by atoms with Gasteiger partial charge in [-0.05, 0) is 0 Å². The molecule has 0 saturated heterocycles. The number of rotatable bonds is 0. The van der Waals surface area contributed by atoms with Gasteiger partial charge in [-0.1, -0.05) is 0 Å². The van der Waals surface area contributed by atoms with Crippen molar-refractivity contribution in [3.8, 4) is 0 Å². The zero-order chi connectivity index (χ0) is 3.58. The van der Waals surface area contributed by atoms with Crippen LogP contribution in [-0.2, 0) is 4.46 Å². The molecule has 0 aliphatic heterocycles. The molecule has 0 aromatic rings. The molecule has 0 atom stereocenters. The third kappa shape index (κ3) is 259. The van der Waals surface area contributed by atoms with E-state index in [-0.39, 0.29) is 43.2 Å². The standard InChI is InChI=1S/2Li.O3Si.H2O/c;;1-4(2)3;/h;;;1H2/q2*+1;-2;. The van der Waals surface area contributed by atoms with Crippen LogP contribution >= 0.6 is 0 Å². The van der Waals surface area contributed by atoms with Crippen LogP contribution in [0, 0.1) is 0 Å². The van der Waals surface area contributed by atoms with Gasteiger partial charge in [0.1, 0.15) is 0 Å². The summed E-state index contributed by atoms with van der Waals surface area (Å²) >= 11 is 0. The third-order valence-corrected chi connectivity index (χ3v) is 0. The van der Waals surface area contributed by atoms with Crippen molar-refractivity contribution in [2.75, 3.05) is 0 Å². The van der Waals surface area contributed by atoms with Gasteiger partial charge in [0.05, 0.1) is 0 Å². The smallest absolute Gasteiger partial charge is 0.672 e. The van der Waals surface area contributed by atoms with E-state index < -0.39 is 9.17 Å². The summed E-state index contributed by atoms with van der Waals surface area (Å²) in [6, 6.07) is 0.